The second-order valence-electron chi connectivity index (χ2n) is 4.85. The Kier molecular flexibility index (Phi) is 9.42. The van der Waals surface area contributed by atoms with Crippen LogP contribution < -0.4 is 5.73 Å². The van der Waals surface area contributed by atoms with Crippen molar-refractivity contribution in [2.75, 3.05) is 7.05 Å². The smallest absolute Gasteiger partial charge is 0.239 e. The van der Waals surface area contributed by atoms with Crippen LogP contribution in [0.25, 0.3) is 0 Å². The van der Waals surface area contributed by atoms with Gasteiger partial charge in [-0.2, -0.15) is 0 Å². The van der Waals surface area contributed by atoms with Crippen molar-refractivity contribution in [1.29, 1.82) is 0 Å². The molecule has 4 nitrogen and oxygen atoms in total. The van der Waals surface area contributed by atoms with Crippen LogP contribution in [-0.4, -0.2) is 28.9 Å². The van der Waals surface area contributed by atoms with Gasteiger partial charge < -0.3 is 10.6 Å². The van der Waals surface area contributed by atoms with Gasteiger partial charge in [0.25, 0.3) is 0 Å². The van der Waals surface area contributed by atoms with Crippen molar-refractivity contribution in [3.8, 4) is 0 Å². The molecule has 6 heteroatoms. The van der Waals surface area contributed by atoms with Gasteiger partial charge in [-0.1, -0.05) is 36.4 Å². The molecule has 1 atom stereocenters. The summed E-state index contributed by atoms with van der Waals surface area (Å²) >= 11 is 0. The van der Waals surface area contributed by atoms with Gasteiger partial charge >= 0.3 is 0 Å². The first-order valence-electron chi connectivity index (χ1n) is 6.60. The van der Waals surface area contributed by atoms with E-state index in [1.54, 1.807) is 24.3 Å². The number of carbonyl (C=O) groups excluding carboxylic acids is 1. The van der Waals surface area contributed by atoms with Gasteiger partial charge in [-0.25, -0.2) is 0 Å². The molecule has 0 fully saturated rings. The zero-order chi connectivity index (χ0) is 14.4. The minimum atomic E-state index is -0.515. The third kappa shape index (κ3) is 6.02. The topological polar surface area (TPSA) is 59.2 Å². The maximum Gasteiger partial charge on any atom is 0.239 e. The van der Waals surface area contributed by atoms with Crippen LogP contribution in [0.1, 0.15) is 11.1 Å². The molecule has 1 amide bonds. The number of rotatable bonds is 5. The number of hydrogen-bond donors (Lipinski definition) is 1. The summed E-state index contributed by atoms with van der Waals surface area (Å²) < 4.78 is 0. The second-order valence-corrected chi connectivity index (χ2v) is 4.85. The van der Waals surface area contributed by atoms with Crippen LogP contribution in [0.15, 0.2) is 54.9 Å². The summed E-state index contributed by atoms with van der Waals surface area (Å²) in [6, 6.07) is 13.1. The molecule has 120 valence electrons. The van der Waals surface area contributed by atoms with Gasteiger partial charge in [0.1, 0.15) is 0 Å². The van der Waals surface area contributed by atoms with Gasteiger partial charge in [0, 0.05) is 26.0 Å². The predicted octanol–water partition coefficient (Wildman–Crippen LogP) is 2.45. The SMILES string of the molecule is CN(Cc1cccnc1)C(=O)[C@@H](N)Cc1ccccc1.Cl.Cl. The quantitative estimate of drug-likeness (QED) is 0.908. The summed E-state index contributed by atoms with van der Waals surface area (Å²) in [5, 5.41) is 0. The standard InChI is InChI=1S/C16H19N3O.2ClH/c1-19(12-14-8-5-9-18-11-14)16(20)15(17)10-13-6-3-2-4-7-13;;/h2-9,11,15H,10,12,17H2,1H3;2*1H/t15-;;/m0../s1. The lowest BCUT2D eigenvalue weighted by molar-refractivity contribution is -0.131. The number of nitrogens with two attached hydrogens (primary N) is 1. The van der Waals surface area contributed by atoms with Gasteiger partial charge in [0.15, 0.2) is 0 Å². The Bertz CT molecular complexity index is 502. The van der Waals surface area contributed by atoms with Crippen LogP contribution in [0.4, 0.5) is 0 Å². The van der Waals surface area contributed by atoms with Crippen LogP contribution >= 0.6 is 24.8 Å². The van der Waals surface area contributed by atoms with E-state index in [0.29, 0.717) is 13.0 Å². The van der Waals surface area contributed by atoms with Gasteiger partial charge in [-0.15, -0.1) is 24.8 Å². The molecule has 0 saturated heterocycles. The molecular formula is C16H21Cl2N3O. The van der Waals surface area contributed by atoms with Gasteiger partial charge in [-0.05, 0) is 23.6 Å². The van der Waals surface area contributed by atoms with Crippen LogP contribution in [0.2, 0.25) is 0 Å². The maximum atomic E-state index is 12.2. The fraction of sp³-hybridized carbons (Fsp3) is 0.250. The average Bonchev–Trinajstić information content (AvgIpc) is 2.48. The number of aromatic nitrogens is 1. The Morgan fingerprint density at radius 1 is 1.14 bits per heavy atom. The van der Waals surface area contributed by atoms with Crippen molar-refractivity contribution in [2.45, 2.75) is 19.0 Å². The summed E-state index contributed by atoms with van der Waals surface area (Å²) in [7, 11) is 1.76. The van der Waals surface area contributed by atoms with Crippen molar-refractivity contribution >= 4 is 30.7 Å². The minimum absolute atomic E-state index is 0. The van der Waals surface area contributed by atoms with E-state index in [1.807, 2.05) is 42.5 Å². The van der Waals surface area contributed by atoms with E-state index in [4.69, 9.17) is 5.73 Å². The molecule has 0 spiro atoms. The van der Waals surface area contributed by atoms with Gasteiger partial charge in [0.05, 0.1) is 6.04 Å². The Morgan fingerprint density at radius 3 is 2.36 bits per heavy atom. The van der Waals surface area contributed by atoms with E-state index in [1.165, 1.54) is 0 Å². The van der Waals surface area contributed by atoms with E-state index >= 15 is 0 Å². The van der Waals surface area contributed by atoms with Crippen molar-refractivity contribution < 1.29 is 4.79 Å². The predicted molar refractivity (Wildman–Crippen MR) is 93.3 cm³/mol. The highest BCUT2D eigenvalue weighted by atomic mass is 35.5. The van der Waals surface area contributed by atoms with E-state index in [9.17, 15) is 4.79 Å². The molecular weight excluding hydrogens is 321 g/mol. The largest absolute Gasteiger partial charge is 0.340 e. The normalized spacial score (nSPS) is 10.8. The number of pyridine rings is 1. The molecule has 2 aromatic rings. The molecule has 22 heavy (non-hydrogen) atoms. The molecule has 1 aromatic heterocycles. The zero-order valence-electron chi connectivity index (χ0n) is 12.4. The number of nitrogens with zero attached hydrogens (tertiary/aromatic N) is 2. The third-order valence-corrected chi connectivity index (χ3v) is 3.13. The second kappa shape index (κ2) is 10.2. The minimum Gasteiger partial charge on any atom is -0.340 e. The van der Waals surface area contributed by atoms with Crippen molar-refractivity contribution in [3.05, 3.63) is 66.0 Å². The van der Waals surface area contributed by atoms with Crippen LogP contribution in [0.3, 0.4) is 0 Å². The van der Waals surface area contributed by atoms with Crippen LogP contribution in [0.5, 0.6) is 0 Å². The highest BCUT2D eigenvalue weighted by Crippen LogP contribution is 2.06. The molecule has 0 aliphatic rings. The fourth-order valence-corrected chi connectivity index (χ4v) is 2.08. The lowest BCUT2D eigenvalue weighted by Crippen LogP contribution is -2.42. The van der Waals surface area contributed by atoms with E-state index in [2.05, 4.69) is 4.98 Å². The number of likely N-dealkylation sites (N-methyl/N-ethyl adjacent to an activating group) is 1. The molecule has 1 aromatic carbocycles. The number of amides is 1. The molecule has 2 N–H and O–H groups in total. The first kappa shape index (κ1) is 20.4. The lowest BCUT2D eigenvalue weighted by atomic mass is 10.1. The summed E-state index contributed by atoms with van der Waals surface area (Å²) in [5.74, 6) is -0.0577. The van der Waals surface area contributed by atoms with E-state index < -0.39 is 6.04 Å². The van der Waals surface area contributed by atoms with E-state index in [0.717, 1.165) is 11.1 Å². The molecule has 0 saturated carbocycles. The molecule has 0 aliphatic heterocycles. The zero-order valence-corrected chi connectivity index (χ0v) is 14.0. The number of halogens is 2. The number of carbonyl (C=O) groups is 1. The lowest BCUT2D eigenvalue weighted by Gasteiger charge is -2.21. The first-order chi connectivity index (χ1) is 9.66. The number of benzene rings is 1. The fourth-order valence-electron chi connectivity index (χ4n) is 2.08. The van der Waals surface area contributed by atoms with Crippen molar-refractivity contribution in [2.24, 2.45) is 5.73 Å². The molecule has 0 unspecified atom stereocenters. The molecule has 0 aliphatic carbocycles. The monoisotopic (exact) mass is 341 g/mol. The molecule has 0 bridgehead atoms. The van der Waals surface area contributed by atoms with Crippen LogP contribution in [-0.2, 0) is 17.8 Å². The Balaban J connectivity index is 0.00000220. The average molecular weight is 342 g/mol. The summed E-state index contributed by atoms with van der Waals surface area (Å²) in [6.45, 7) is 0.523. The van der Waals surface area contributed by atoms with Crippen LogP contribution in [0, 0.1) is 0 Å². The maximum absolute atomic E-state index is 12.2. The Hall–Kier alpha value is -1.62. The van der Waals surface area contributed by atoms with E-state index in [-0.39, 0.29) is 30.7 Å². The van der Waals surface area contributed by atoms with Gasteiger partial charge in [0.2, 0.25) is 5.91 Å². The number of hydrogen-bond acceptors (Lipinski definition) is 3. The third-order valence-electron chi connectivity index (χ3n) is 3.13. The summed E-state index contributed by atoms with van der Waals surface area (Å²) in [4.78, 5) is 17.9. The molecule has 2 rings (SSSR count). The summed E-state index contributed by atoms with van der Waals surface area (Å²) in [6.07, 6.45) is 4.02. The highest BCUT2D eigenvalue weighted by Gasteiger charge is 2.18. The molecule has 1 heterocycles. The summed E-state index contributed by atoms with van der Waals surface area (Å²) in [5.41, 5.74) is 8.06. The molecule has 0 radical (unpaired) electrons. The first-order valence-corrected chi connectivity index (χ1v) is 6.60. The Morgan fingerprint density at radius 2 is 1.77 bits per heavy atom. The van der Waals surface area contributed by atoms with Crippen molar-refractivity contribution in [3.63, 3.8) is 0 Å². The highest BCUT2D eigenvalue weighted by molar-refractivity contribution is 5.85. The Labute approximate surface area is 143 Å². The van der Waals surface area contributed by atoms with Gasteiger partial charge in [-0.3, -0.25) is 9.78 Å². The van der Waals surface area contributed by atoms with Crippen molar-refractivity contribution in [1.82, 2.24) is 9.88 Å².